The number of carbonyl (C=O) groups excluding carboxylic acids is 1. The molecule has 0 rings (SSSR count). The number of carbonyl (C=O) groups is 1. The number of hydrogen-bond acceptors (Lipinski definition) is 2. The highest BCUT2D eigenvalue weighted by molar-refractivity contribution is 5.86. The first kappa shape index (κ1) is 17.6. The number of rotatable bonds is 12. The molecule has 0 unspecified atom stereocenters. The lowest BCUT2D eigenvalue weighted by Gasteiger charge is -2.23. The Morgan fingerprint density at radius 1 is 0.833 bits per heavy atom. The average Bonchev–Trinajstić information content (AvgIpc) is 2.40. The lowest BCUT2D eigenvalue weighted by Crippen LogP contribution is -2.36. The van der Waals surface area contributed by atoms with Crippen LogP contribution >= 0.6 is 0 Å². The van der Waals surface area contributed by atoms with E-state index in [1.54, 1.807) is 0 Å². The molecule has 0 aromatic heterocycles. The van der Waals surface area contributed by atoms with Crippen molar-refractivity contribution in [3.05, 3.63) is 0 Å². The molecule has 0 aromatic rings. The number of hydrogen-bond donors (Lipinski definition) is 1. The maximum atomic E-state index is 11.9. The maximum Gasteiger partial charge on any atom is 0.164 e. The molecule has 0 fully saturated rings. The van der Waals surface area contributed by atoms with E-state index < -0.39 is 5.60 Å². The molecule has 1 N–H and O–H groups in total. The Kier molecular flexibility index (Phi) is 10.3. The van der Waals surface area contributed by atoms with Gasteiger partial charge in [0, 0.05) is 6.42 Å². The standard InChI is InChI=1S/C16H32O2/c1-4-7-8-9-10-11-12-13-14-15(17)16(18,5-2)6-3/h18H,4-14H2,1-3H3. The van der Waals surface area contributed by atoms with Gasteiger partial charge < -0.3 is 5.11 Å². The van der Waals surface area contributed by atoms with Gasteiger partial charge in [-0.1, -0.05) is 65.7 Å². The van der Waals surface area contributed by atoms with Crippen molar-refractivity contribution in [1.29, 1.82) is 0 Å². The van der Waals surface area contributed by atoms with Gasteiger partial charge in [-0.15, -0.1) is 0 Å². The lowest BCUT2D eigenvalue weighted by atomic mass is 9.89. The molecule has 0 saturated heterocycles. The topological polar surface area (TPSA) is 37.3 Å². The fourth-order valence-corrected chi connectivity index (χ4v) is 2.30. The van der Waals surface area contributed by atoms with Gasteiger partial charge in [-0.05, 0) is 19.3 Å². The van der Waals surface area contributed by atoms with E-state index >= 15 is 0 Å². The molecule has 0 heterocycles. The Hall–Kier alpha value is -0.370. The van der Waals surface area contributed by atoms with Crippen LogP contribution in [0.4, 0.5) is 0 Å². The third-order valence-corrected chi connectivity index (χ3v) is 3.95. The molecule has 2 heteroatoms. The molecule has 0 aromatic carbocycles. The van der Waals surface area contributed by atoms with Gasteiger partial charge in [-0.25, -0.2) is 0 Å². The van der Waals surface area contributed by atoms with Gasteiger partial charge in [0.1, 0.15) is 5.60 Å². The van der Waals surface area contributed by atoms with Crippen LogP contribution in [0.2, 0.25) is 0 Å². The SMILES string of the molecule is CCCCCCCCCCC(=O)C(O)(CC)CC. The van der Waals surface area contributed by atoms with Crippen LogP contribution in [0.3, 0.4) is 0 Å². The van der Waals surface area contributed by atoms with E-state index in [4.69, 9.17) is 0 Å². The molecular weight excluding hydrogens is 224 g/mol. The normalized spacial score (nSPS) is 11.8. The number of Topliss-reactive ketones (excluding diaryl/α,β-unsaturated/α-hetero) is 1. The molecule has 0 atom stereocenters. The fraction of sp³-hybridized carbons (Fsp3) is 0.938. The molecule has 0 spiro atoms. The van der Waals surface area contributed by atoms with Crippen LogP contribution in [0.15, 0.2) is 0 Å². The van der Waals surface area contributed by atoms with E-state index in [9.17, 15) is 9.90 Å². The first-order valence-corrected chi connectivity index (χ1v) is 7.86. The van der Waals surface area contributed by atoms with Gasteiger partial charge in [-0.2, -0.15) is 0 Å². The largest absolute Gasteiger partial charge is 0.382 e. The van der Waals surface area contributed by atoms with E-state index in [1.807, 2.05) is 13.8 Å². The fourth-order valence-electron chi connectivity index (χ4n) is 2.30. The van der Waals surface area contributed by atoms with Crippen LogP contribution in [0, 0.1) is 0 Å². The van der Waals surface area contributed by atoms with Crippen molar-refractivity contribution >= 4 is 5.78 Å². The predicted molar refractivity (Wildman–Crippen MR) is 77.8 cm³/mol. The lowest BCUT2D eigenvalue weighted by molar-refractivity contribution is -0.138. The van der Waals surface area contributed by atoms with Gasteiger partial charge in [0.15, 0.2) is 5.78 Å². The summed E-state index contributed by atoms with van der Waals surface area (Å²) in [4.78, 5) is 11.9. The Morgan fingerprint density at radius 3 is 1.72 bits per heavy atom. The van der Waals surface area contributed by atoms with Gasteiger partial charge in [0.2, 0.25) is 0 Å². The number of aliphatic hydroxyl groups is 1. The first-order chi connectivity index (χ1) is 8.60. The highest BCUT2D eigenvalue weighted by Gasteiger charge is 2.30. The van der Waals surface area contributed by atoms with E-state index in [0.717, 1.165) is 12.8 Å². The summed E-state index contributed by atoms with van der Waals surface area (Å²) in [5.74, 6) is 0.0403. The molecule has 0 amide bonds. The zero-order valence-electron chi connectivity index (χ0n) is 12.6. The Labute approximate surface area is 113 Å². The van der Waals surface area contributed by atoms with Gasteiger partial charge in [0.05, 0.1) is 0 Å². The molecule has 2 nitrogen and oxygen atoms in total. The van der Waals surface area contributed by atoms with Gasteiger partial charge in [-0.3, -0.25) is 4.79 Å². The third kappa shape index (κ3) is 7.15. The minimum Gasteiger partial charge on any atom is -0.382 e. The minimum absolute atomic E-state index is 0.0403. The van der Waals surface area contributed by atoms with Crippen LogP contribution in [0.25, 0.3) is 0 Å². The molecule has 0 bridgehead atoms. The molecule has 0 aliphatic carbocycles. The smallest absolute Gasteiger partial charge is 0.164 e. The van der Waals surface area contributed by atoms with Crippen molar-refractivity contribution in [2.24, 2.45) is 0 Å². The minimum atomic E-state index is -1.05. The second kappa shape index (κ2) is 10.5. The first-order valence-electron chi connectivity index (χ1n) is 7.86. The van der Waals surface area contributed by atoms with Crippen molar-refractivity contribution in [2.45, 2.75) is 97.0 Å². The Balaban J connectivity index is 3.51. The summed E-state index contributed by atoms with van der Waals surface area (Å²) < 4.78 is 0. The van der Waals surface area contributed by atoms with Crippen LogP contribution in [-0.2, 0) is 4.79 Å². The summed E-state index contributed by atoms with van der Waals surface area (Å²) in [6.07, 6.45) is 11.5. The van der Waals surface area contributed by atoms with Crippen LogP contribution in [0.5, 0.6) is 0 Å². The summed E-state index contributed by atoms with van der Waals surface area (Å²) in [6.45, 7) is 6.00. The van der Waals surface area contributed by atoms with Crippen LogP contribution in [0.1, 0.15) is 91.4 Å². The number of unbranched alkanes of at least 4 members (excludes halogenated alkanes) is 7. The van der Waals surface area contributed by atoms with Crippen molar-refractivity contribution in [2.75, 3.05) is 0 Å². The highest BCUT2D eigenvalue weighted by Crippen LogP contribution is 2.19. The van der Waals surface area contributed by atoms with Crippen molar-refractivity contribution in [3.63, 3.8) is 0 Å². The highest BCUT2D eigenvalue weighted by atomic mass is 16.3. The molecule has 0 saturated carbocycles. The molecule has 0 aliphatic rings. The quantitative estimate of drug-likeness (QED) is 0.517. The van der Waals surface area contributed by atoms with E-state index in [2.05, 4.69) is 6.92 Å². The van der Waals surface area contributed by atoms with Gasteiger partial charge in [0.25, 0.3) is 0 Å². The molecule has 0 radical (unpaired) electrons. The van der Waals surface area contributed by atoms with Gasteiger partial charge >= 0.3 is 0 Å². The summed E-state index contributed by atoms with van der Waals surface area (Å²) in [5, 5.41) is 10.0. The zero-order chi connectivity index (χ0) is 13.9. The zero-order valence-corrected chi connectivity index (χ0v) is 12.6. The second-order valence-electron chi connectivity index (χ2n) is 5.39. The van der Waals surface area contributed by atoms with Crippen LogP contribution < -0.4 is 0 Å². The summed E-state index contributed by atoms with van der Waals surface area (Å²) in [5.41, 5.74) is -1.05. The Bertz CT molecular complexity index is 207. The van der Waals surface area contributed by atoms with E-state index in [0.29, 0.717) is 19.3 Å². The second-order valence-corrected chi connectivity index (χ2v) is 5.39. The molecule has 0 aliphatic heterocycles. The third-order valence-electron chi connectivity index (χ3n) is 3.95. The van der Waals surface area contributed by atoms with E-state index in [1.165, 1.54) is 38.5 Å². The maximum absolute atomic E-state index is 11.9. The molecular formula is C16H32O2. The molecule has 108 valence electrons. The van der Waals surface area contributed by atoms with Crippen molar-refractivity contribution in [3.8, 4) is 0 Å². The van der Waals surface area contributed by atoms with Crippen molar-refractivity contribution in [1.82, 2.24) is 0 Å². The average molecular weight is 256 g/mol. The van der Waals surface area contributed by atoms with Crippen molar-refractivity contribution < 1.29 is 9.90 Å². The summed E-state index contributed by atoms with van der Waals surface area (Å²) in [7, 11) is 0. The summed E-state index contributed by atoms with van der Waals surface area (Å²) >= 11 is 0. The molecule has 18 heavy (non-hydrogen) atoms. The predicted octanol–water partition coefficient (Wildman–Crippen LogP) is 4.64. The number of ketones is 1. The Morgan fingerprint density at radius 2 is 1.28 bits per heavy atom. The summed E-state index contributed by atoms with van der Waals surface area (Å²) in [6, 6.07) is 0. The monoisotopic (exact) mass is 256 g/mol. The van der Waals surface area contributed by atoms with E-state index in [-0.39, 0.29) is 5.78 Å². The van der Waals surface area contributed by atoms with Crippen LogP contribution in [-0.4, -0.2) is 16.5 Å².